The second-order valence-corrected chi connectivity index (χ2v) is 6.15. The minimum Gasteiger partial charge on any atom is -0.499 e. The van der Waals surface area contributed by atoms with Gasteiger partial charge in [0.1, 0.15) is 5.76 Å². The summed E-state index contributed by atoms with van der Waals surface area (Å²) in [5.74, 6) is 1.43. The monoisotopic (exact) mass is 272 g/mol. The maximum Gasteiger partial charge on any atom is 0.179 e. The van der Waals surface area contributed by atoms with Gasteiger partial charge in [-0.1, -0.05) is 20.8 Å². The molecule has 1 saturated carbocycles. The zero-order valence-corrected chi connectivity index (χ0v) is 11.3. The van der Waals surface area contributed by atoms with Crippen molar-refractivity contribution in [3.63, 3.8) is 0 Å². The molecule has 2 aliphatic rings. The number of ketones is 1. The smallest absolute Gasteiger partial charge is 0.179 e. The molecule has 2 bridgehead atoms. The Bertz CT molecular complexity index is 357. The topological polar surface area (TPSA) is 26.3 Å². The number of fused-ring (bicyclic) bond motifs is 2. The number of rotatable bonds is 1. The molecule has 84 valence electrons. The number of hydrogen-bond acceptors (Lipinski definition) is 2. The number of methoxy groups -OCH3 is 1. The SMILES string of the molecule is COC1=C(Br)C(=O)[C@@]2(C)CC[C@@H]1C2(C)C. The molecule has 3 heteroatoms. The Morgan fingerprint density at radius 3 is 2.53 bits per heavy atom. The number of carbonyl (C=O) groups is 1. The zero-order chi connectivity index (χ0) is 11.4. The third-order valence-corrected chi connectivity index (χ3v) is 5.43. The maximum absolute atomic E-state index is 12.3. The largest absolute Gasteiger partial charge is 0.499 e. The number of Topliss-reactive ketones (excluding diaryl/α,β-unsaturated/α-hetero) is 1. The van der Waals surface area contributed by atoms with Gasteiger partial charge in [-0.25, -0.2) is 0 Å². The Kier molecular flexibility index (Phi) is 2.31. The molecule has 15 heavy (non-hydrogen) atoms. The molecule has 2 aliphatic carbocycles. The molecule has 0 radical (unpaired) electrons. The fourth-order valence-electron chi connectivity index (χ4n) is 3.10. The number of halogens is 1. The van der Waals surface area contributed by atoms with Crippen LogP contribution in [0.2, 0.25) is 0 Å². The van der Waals surface area contributed by atoms with E-state index in [1.54, 1.807) is 7.11 Å². The Morgan fingerprint density at radius 1 is 1.40 bits per heavy atom. The van der Waals surface area contributed by atoms with Crippen LogP contribution in [0.15, 0.2) is 10.2 Å². The lowest BCUT2D eigenvalue weighted by atomic mass is 9.60. The van der Waals surface area contributed by atoms with Gasteiger partial charge in [0.25, 0.3) is 0 Å². The summed E-state index contributed by atoms with van der Waals surface area (Å²) in [5, 5.41) is 0. The summed E-state index contributed by atoms with van der Waals surface area (Å²) >= 11 is 3.39. The van der Waals surface area contributed by atoms with Crippen LogP contribution in [0.4, 0.5) is 0 Å². The van der Waals surface area contributed by atoms with Crippen molar-refractivity contribution in [2.45, 2.75) is 33.6 Å². The molecule has 1 fully saturated rings. The van der Waals surface area contributed by atoms with Gasteiger partial charge in [-0.05, 0) is 34.2 Å². The average molecular weight is 273 g/mol. The minimum atomic E-state index is -0.224. The average Bonchev–Trinajstić information content (AvgIpc) is 2.35. The van der Waals surface area contributed by atoms with Crippen molar-refractivity contribution in [3.05, 3.63) is 10.2 Å². The van der Waals surface area contributed by atoms with E-state index in [1.807, 2.05) is 0 Å². The first kappa shape index (κ1) is 11.2. The molecule has 2 rings (SSSR count). The summed E-state index contributed by atoms with van der Waals surface area (Å²) in [7, 11) is 1.65. The van der Waals surface area contributed by atoms with E-state index < -0.39 is 0 Å². The van der Waals surface area contributed by atoms with Crippen LogP contribution in [0, 0.1) is 16.7 Å². The van der Waals surface area contributed by atoms with Gasteiger partial charge in [0, 0.05) is 11.3 Å². The lowest BCUT2D eigenvalue weighted by molar-refractivity contribution is -0.130. The first-order chi connectivity index (χ1) is 6.86. The second-order valence-electron chi connectivity index (χ2n) is 5.36. The molecule has 0 spiro atoms. The molecule has 0 saturated heterocycles. The predicted octanol–water partition coefficient (Wildman–Crippen LogP) is 3.26. The van der Waals surface area contributed by atoms with Gasteiger partial charge in [-0.3, -0.25) is 4.79 Å². The van der Waals surface area contributed by atoms with Crippen LogP contribution in [0.1, 0.15) is 33.6 Å². The number of allylic oxidation sites excluding steroid dienone is 2. The van der Waals surface area contributed by atoms with E-state index in [4.69, 9.17) is 4.74 Å². The molecule has 0 N–H and O–H groups in total. The van der Waals surface area contributed by atoms with E-state index >= 15 is 0 Å². The van der Waals surface area contributed by atoms with Crippen LogP contribution in [-0.2, 0) is 9.53 Å². The van der Waals surface area contributed by atoms with Crippen LogP contribution in [0.3, 0.4) is 0 Å². The summed E-state index contributed by atoms with van der Waals surface area (Å²) < 4.78 is 6.06. The minimum absolute atomic E-state index is 0.00664. The predicted molar refractivity (Wildman–Crippen MR) is 62.6 cm³/mol. The van der Waals surface area contributed by atoms with Crippen molar-refractivity contribution in [1.29, 1.82) is 0 Å². The Labute approximate surface area is 99.2 Å². The van der Waals surface area contributed by atoms with Crippen LogP contribution >= 0.6 is 15.9 Å². The van der Waals surface area contributed by atoms with Crippen LogP contribution in [0.25, 0.3) is 0 Å². The lowest BCUT2D eigenvalue weighted by Gasteiger charge is -2.44. The van der Waals surface area contributed by atoms with Crippen molar-refractivity contribution in [1.82, 2.24) is 0 Å². The van der Waals surface area contributed by atoms with Crippen molar-refractivity contribution in [2.75, 3.05) is 7.11 Å². The molecule has 2 atom stereocenters. The standard InChI is InChI=1S/C12H17BrO2/c1-11(2)7-5-6-12(11,3)10(14)8(13)9(7)15-4/h7H,5-6H2,1-4H3/t7-,12+/m0/s1. The van der Waals surface area contributed by atoms with E-state index in [0.29, 0.717) is 10.4 Å². The van der Waals surface area contributed by atoms with E-state index in [-0.39, 0.29) is 16.6 Å². The van der Waals surface area contributed by atoms with E-state index in [0.717, 1.165) is 18.6 Å². The first-order valence-electron chi connectivity index (χ1n) is 5.34. The van der Waals surface area contributed by atoms with Crippen molar-refractivity contribution < 1.29 is 9.53 Å². The highest BCUT2D eigenvalue weighted by atomic mass is 79.9. The molecule has 0 unspecified atom stereocenters. The highest BCUT2D eigenvalue weighted by Gasteiger charge is 2.61. The molecule has 0 aromatic carbocycles. The molecule has 2 nitrogen and oxygen atoms in total. The van der Waals surface area contributed by atoms with E-state index in [2.05, 4.69) is 36.7 Å². The van der Waals surface area contributed by atoms with Gasteiger partial charge < -0.3 is 4.74 Å². The Morgan fingerprint density at radius 2 is 2.00 bits per heavy atom. The van der Waals surface area contributed by atoms with E-state index in [1.165, 1.54) is 0 Å². The lowest BCUT2D eigenvalue weighted by Crippen LogP contribution is -2.45. The van der Waals surface area contributed by atoms with Gasteiger partial charge >= 0.3 is 0 Å². The summed E-state index contributed by atoms with van der Waals surface area (Å²) in [6.45, 7) is 6.45. The third kappa shape index (κ3) is 1.13. The van der Waals surface area contributed by atoms with Gasteiger partial charge in [-0.2, -0.15) is 0 Å². The van der Waals surface area contributed by atoms with Crippen molar-refractivity contribution >= 4 is 21.7 Å². The highest BCUT2D eigenvalue weighted by molar-refractivity contribution is 9.12. The van der Waals surface area contributed by atoms with Crippen molar-refractivity contribution in [2.24, 2.45) is 16.7 Å². The van der Waals surface area contributed by atoms with Crippen LogP contribution in [-0.4, -0.2) is 12.9 Å². The molecule has 0 aliphatic heterocycles. The van der Waals surface area contributed by atoms with Crippen LogP contribution < -0.4 is 0 Å². The fraction of sp³-hybridized carbons (Fsp3) is 0.750. The Balaban J connectivity index is 2.62. The van der Waals surface area contributed by atoms with Gasteiger partial charge in [0.05, 0.1) is 11.6 Å². The summed E-state index contributed by atoms with van der Waals surface area (Å²) in [4.78, 5) is 12.3. The van der Waals surface area contributed by atoms with Crippen LogP contribution in [0.5, 0.6) is 0 Å². The number of carbonyl (C=O) groups excluding carboxylic acids is 1. The maximum atomic E-state index is 12.3. The quantitative estimate of drug-likeness (QED) is 0.733. The normalized spacial score (nSPS) is 38.5. The van der Waals surface area contributed by atoms with Gasteiger partial charge in [0.2, 0.25) is 0 Å². The van der Waals surface area contributed by atoms with Gasteiger partial charge in [0.15, 0.2) is 5.78 Å². The first-order valence-corrected chi connectivity index (χ1v) is 6.14. The third-order valence-electron chi connectivity index (χ3n) is 4.68. The fourth-order valence-corrected chi connectivity index (χ4v) is 3.98. The number of hydrogen-bond donors (Lipinski definition) is 0. The zero-order valence-electron chi connectivity index (χ0n) is 9.69. The number of ether oxygens (including phenoxy) is 1. The molecule has 0 aromatic rings. The highest BCUT2D eigenvalue weighted by Crippen LogP contribution is 2.63. The van der Waals surface area contributed by atoms with Crippen molar-refractivity contribution in [3.8, 4) is 0 Å². The molecular formula is C12H17BrO2. The summed E-state index contributed by atoms with van der Waals surface area (Å²) in [6.07, 6.45) is 2.01. The summed E-state index contributed by atoms with van der Waals surface area (Å²) in [6, 6.07) is 0. The van der Waals surface area contributed by atoms with E-state index in [9.17, 15) is 4.79 Å². The molecular weight excluding hydrogens is 256 g/mol. The molecule has 0 amide bonds. The molecule has 0 heterocycles. The van der Waals surface area contributed by atoms with Gasteiger partial charge in [-0.15, -0.1) is 0 Å². The second kappa shape index (κ2) is 3.09. The Hall–Kier alpha value is -0.310. The summed E-state index contributed by atoms with van der Waals surface area (Å²) in [5.41, 5.74) is -0.217. The molecule has 0 aromatic heterocycles.